The first kappa shape index (κ1) is 13.8. The third kappa shape index (κ3) is 4.52. The standard InChI is InChI=1S/C16H23N3/c1-16(2,3)18-12-15-11-17-13-19(15)10-9-14-7-5-4-6-8-14/h4-8,11,13,18H,9-10,12H2,1-3H3. The predicted molar refractivity (Wildman–Crippen MR) is 79.0 cm³/mol. The molecular weight excluding hydrogens is 234 g/mol. The lowest BCUT2D eigenvalue weighted by molar-refractivity contribution is 0.415. The normalized spacial score (nSPS) is 11.7. The highest BCUT2D eigenvalue weighted by molar-refractivity contribution is 5.14. The van der Waals surface area contributed by atoms with Gasteiger partial charge in [-0.15, -0.1) is 0 Å². The van der Waals surface area contributed by atoms with Gasteiger partial charge in [-0.25, -0.2) is 4.98 Å². The maximum absolute atomic E-state index is 4.26. The zero-order valence-corrected chi connectivity index (χ0v) is 12.1. The summed E-state index contributed by atoms with van der Waals surface area (Å²) in [4.78, 5) is 4.26. The Morgan fingerprint density at radius 3 is 2.58 bits per heavy atom. The van der Waals surface area contributed by atoms with Gasteiger partial charge in [-0.05, 0) is 32.8 Å². The van der Waals surface area contributed by atoms with Gasteiger partial charge in [-0.1, -0.05) is 30.3 Å². The molecule has 0 aliphatic carbocycles. The Hall–Kier alpha value is -1.61. The highest BCUT2D eigenvalue weighted by atomic mass is 15.1. The van der Waals surface area contributed by atoms with Crippen molar-refractivity contribution in [1.82, 2.24) is 14.9 Å². The van der Waals surface area contributed by atoms with Gasteiger partial charge < -0.3 is 9.88 Å². The zero-order chi connectivity index (χ0) is 13.7. The summed E-state index contributed by atoms with van der Waals surface area (Å²) in [5.74, 6) is 0. The number of nitrogens with zero attached hydrogens (tertiary/aromatic N) is 2. The summed E-state index contributed by atoms with van der Waals surface area (Å²) in [5.41, 5.74) is 2.74. The summed E-state index contributed by atoms with van der Waals surface area (Å²) in [6.45, 7) is 8.37. The Bertz CT molecular complexity index is 494. The van der Waals surface area contributed by atoms with Crippen LogP contribution in [-0.2, 0) is 19.5 Å². The van der Waals surface area contributed by atoms with E-state index in [0.717, 1.165) is 19.5 Å². The molecule has 2 aromatic rings. The van der Waals surface area contributed by atoms with Crippen LogP contribution in [0.5, 0.6) is 0 Å². The molecule has 1 heterocycles. The third-order valence-electron chi connectivity index (χ3n) is 3.08. The molecule has 1 N–H and O–H groups in total. The summed E-state index contributed by atoms with van der Waals surface area (Å²) < 4.78 is 2.23. The van der Waals surface area contributed by atoms with Crippen molar-refractivity contribution >= 4 is 0 Å². The maximum atomic E-state index is 4.26. The van der Waals surface area contributed by atoms with Crippen LogP contribution in [0.3, 0.4) is 0 Å². The fourth-order valence-corrected chi connectivity index (χ4v) is 1.95. The van der Waals surface area contributed by atoms with E-state index in [9.17, 15) is 0 Å². The molecule has 0 aliphatic rings. The molecule has 0 fully saturated rings. The molecule has 1 aromatic heterocycles. The first-order valence-electron chi connectivity index (χ1n) is 6.82. The fraction of sp³-hybridized carbons (Fsp3) is 0.438. The Morgan fingerprint density at radius 2 is 1.89 bits per heavy atom. The van der Waals surface area contributed by atoms with Crippen molar-refractivity contribution in [2.45, 2.75) is 45.8 Å². The molecule has 2 rings (SSSR count). The molecule has 3 nitrogen and oxygen atoms in total. The molecule has 0 saturated heterocycles. The van der Waals surface area contributed by atoms with Crippen LogP contribution in [0.25, 0.3) is 0 Å². The molecule has 0 atom stereocenters. The quantitative estimate of drug-likeness (QED) is 0.892. The van der Waals surface area contributed by atoms with Crippen molar-refractivity contribution in [2.24, 2.45) is 0 Å². The van der Waals surface area contributed by atoms with Gasteiger partial charge in [0.15, 0.2) is 0 Å². The Morgan fingerprint density at radius 1 is 1.16 bits per heavy atom. The summed E-state index contributed by atoms with van der Waals surface area (Å²) in [6, 6.07) is 10.6. The number of benzene rings is 1. The largest absolute Gasteiger partial charge is 0.333 e. The third-order valence-corrected chi connectivity index (χ3v) is 3.08. The first-order chi connectivity index (χ1) is 9.04. The van der Waals surface area contributed by atoms with Crippen LogP contribution in [0, 0.1) is 0 Å². The van der Waals surface area contributed by atoms with Crippen LogP contribution < -0.4 is 5.32 Å². The minimum absolute atomic E-state index is 0.133. The Balaban J connectivity index is 1.92. The number of aromatic nitrogens is 2. The van der Waals surface area contributed by atoms with Gasteiger partial charge >= 0.3 is 0 Å². The molecule has 0 aliphatic heterocycles. The van der Waals surface area contributed by atoms with Crippen LogP contribution in [0.4, 0.5) is 0 Å². The molecule has 0 bridgehead atoms. The van der Waals surface area contributed by atoms with Gasteiger partial charge in [0, 0.05) is 24.8 Å². The van der Waals surface area contributed by atoms with Crippen molar-refractivity contribution in [3.05, 3.63) is 54.1 Å². The molecule has 3 heteroatoms. The van der Waals surface area contributed by atoms with E-state index in [1.165, 1.54) is 11.3 Å². The second-order valence-corrected chi connectivity index (χ2v) is 5.92. The number of nitrogens with one attached hydrogen (secondary N) is 1. The van der Waals surface area contributed by atoms with E-state index in [-0.39, 0.29) is 5.54 Å². The van der Waals surface area contributed by atoms with Crippen molar-refractivity contribution in [3.8, 4) is 0 Å². The summed E-state index contributed by atoms with van der Waals surface area (Å²) in [5, 5.41) is 3.50. The maximum Gasteiger partial charge on any atom is 0.0948 e. The molecule has 0 saturated carbocycles. The van der Waals surface area contributed by atoms with Gasteiger partial charge in [0.1, 0.15) is 0 Å². The lowest BCUT2D eigenvalue weighted by Crippen LogP contribution is -2.35. The molecule has 0 amide bonds. The number of hydrogen-bond donors (Lipinski definition) is 1. The average Bonchev–Trinajstić information content (AvgIpc) is 2.82. The molecule has 0 radical (unpaired) electrons. The number of aryl methyl sites for hydroxylation is 2. The first-order valence-corrected chi connectivity index (χ1v) is 6.82. The van der Waals surface area contributed by atoms with E-state index >= 15 is 0 Å². The van der Waals surface area contributed by atoms with E-state index in [1.807, 2.05) is 12.5 Å². The minimum Gasteiger partial charge on any atom is -0.333 e. The summed E-state index contributed by atoms with van der Waals surface area (Å²) >= 11 is 0. The fourth-order valence-electron chi connectivity index (χ4n) is 1.95. The zero-order valence-electron chi connectivity index (χ0n) is 12.1. The van der Waals surface area contributed by atoms with Crippen molar-refractivity contribution in [1.29, 1.82) is 0 Å². The van der Waals surface area contributed by atoms with E-state index in [2.05, 4.69) is 66.0 Å². The van der Waals surface area contributed by atoms with Crippen LogP contribution in [0.2, 0.25) is 0 Å². The smallest absolute Gasteiger partial charge is 0.0948 e. The molecule has 102 valence electrons. The second kappa shape index (κ2) is 6.02. The monoisotopic (exact) mass is 257 g/mol. The van der Waals surface area contributed by atoms with Gasteiger partial charge in [-0.2, -0.15) is 0 Å². The molecular formula is C16H23N3. The summed E-state index contributed by atoms with van der Waals surface area (Å²) in [7, 11) is 0. The van der Waals surface area contributed by atoms with Crippen LogP contribution in [0.1, 0.15) is 32.0 Å². The van der Waals surface area contributed by atoms with E-state index in [0.29, 0.717) is 0 Å². The van der Waals surface area contributed by atoms with E-state index in [4.69, 9.17) is 0 Å². The summed E-state index contributed by atoms with van der Waals surface area (Å²) in [6.07, 6.45) is 4.91. The van der Waals surface area contributed by atoms with Crippen molar-refractivity contribution in [3.63, 3.8) is 0 Å². The second-order valence-electron chi connectivity index (χ2n) is 5.92. The Labute approximate surface area is 115 Å². The van der Waals surface area contributed by atoms with Crippen LogP contribution in [-0.4, -0.2) is 15.1 Å². The van der Waals surface area contributed by atoms with Crippen LogP contribution in [0.15, 0.2) is 42.9 Å². The van der Waals surface area contributed by atoms with E-state index in [1.54, 1.807) is 0 Å². The number of imidazole rings is 1. The van der Waals surface area contributed by atoms with E-state index < -0.39 is 0 Å². The lowest BCUT2D eigenvalue weighted by Gasteiger charge is -2.21. The van der Waals surface area contributed by atoms with Crippen molar-refractivity contribution < 1.29 is 0 Å². The SMILES string of the molecule is CC(C)(C)NCc1cncn1CCc1ccccc1. The highest BCUT2D eigenvalue weighted by Gasteiger charge is 2.10. The minimum atomic E-state index is 0.133. The van der Waals surface area contributed by atoms with Crippen LogP contribution >= 0.6 is 0 Å². The van der Waals surface area contributed by atoms with Gasteiger partial charge in [-0.3, -0.25) is 0 Å². The average molecular weight is 257 g/mol. The van der Waals surface area contributed by atoms with Gasteiger partial charge in [0.25, 0.3) is 0 Å². The van der Waals surface area contributed by atoms with Gasteiger partial charge in [0.05, 0.1) is 12.0 Å². The number of rotatable bonds is 5. The predicted octanol–water partition coefficient (Wildman–Crippen LogP) is 3.01. The highest BCUT2D eigenvalue weighted by Crippen LogP contribution is 2.07. The molecule has 1 aromatic carbocycles. The topological polar surface area (TPSA) is 29.9 Å². The lowest BCUT2D eigenvalue weighted by atomic mass is 10.1. The Kier molecular flexibility index (Phi) is 4.38. The molecule has 0 unspecified atom stereocenters. The van der Waals surface area contributed by atoms with Crippen molar-refractivity contribution in [2.75, 3.05) is 0 Å². The van der Waals surface area contributed by atoms with Gasteiger partial charge in [0.2, 0.25) is 0 Å². The number of hydrogen-bond acceptors (Lipinski definition) is 2. The molecule has 19 heavy (non-hydrogen) atoms. The molecule has 0 spiro atoms.